The van der Waals surface area contributed by atoms with E-state index in [1.54, 1.807) is 4.57 Å². The van der Waals surface area contributed by atoms with Crippen LogP contribution in [0.15, 0.2) is 6.20 Å². The Bertz CT molecular complexity index is 634. The van der Waals surface area contributed by atoms with Gasteiger partial charge in [0.25, 0.3) is 0 Å². The molecule has 0 bridgehead atoms. The fraction of sp³-hybridized carbons (Fsp3) is 0.545. The minimum atomic E-state index is -0.760. The molecule has 2 aromatic heterocycles. The van der Waals surface area contributed by atoms with E-state index in [4.69, 9.17) is 26.2 Å². The second-order valence-corrected chi connectivity index (χ2v) is 4.77. The van der Waals surface area contributed by atoms with Gasteiger partial charge in [-0.15, -0.1) is 0 Å². The van der Waals surface area contributed by atoms with Crippen molar-refractivity contribution in [3.8, 4) is 6.01 Å². The van der Waals surface area contributed by atoms with Gasteiger partial charge in [-0.05, 0) is 11.6 Å². The Morgan fingerprint density at radius 1 is 1.55 bits per heavy atom. The second-order valence-electron chi connectivity index (χ2n) is 4.43. The van der Waals surface area contributed by atoms with Crippen LogP contribution in [0.5, 0.6) is 6.01 Å². The molecule has 0 spiro atoms. The minimum absolute atomic E-state index is 0.0820. The molecule has 20 heavy (non-hydrogen) atoms. The molecule has 0 amide bonds. The van der Waals surface area contributed by atoms with Gasteiger partial charge in [0, 0.05) is 6.42 Å². The van der Waals surface area contributed by atoms with Gasteiger partial charge in [-0.2, -0.15) is 9.97 Å². The van der Waals surface area contributed by atoms with Crippen LogP contribution in [-0.4, -0.2) is 55.7 Å². The average Bonchev–Trinajstić information content (AvgIpc) is 2.98. The zero-order valence-corrected chi connectivity index (χ0v) is 11.4. The van der Waals surface area contributed by atoms with Gasteiger partial charge in [0.1, 0.15) is 17.8 Å². The van der Waals surface area contributed by atoms with Gasteiger partial charge in [-0.1, -0.05) is 0 Å². The molecule has 0 saturated carbocycles. The van der Waals surface area contributed by atoms with Crippen LogP contribution in [0, 0.1) is 0 Å². The number of methoxy groups -OCH3 is 1. The maximum Gasteiger partial charge on any atom is 0.300 e. The van der Waals surface area contributed by atoms with Crippen molar-refractivity contribution in [3.05, 3.63) is 11.5 Å². The first-order valence-corrected chi connectivity index (χ1v) is 6.40. The monoisotopic (exact) mass is 300 g/mol. The summed E-state index contributed by atoms with van der Waals surface area (Å²) >= 11 is 5.80. The molecule has 1 fully saturated rings. The van der Waals surface area contributed by atoms with Gasteiger partial charge in [-0.25, -0.2) is 4.98 Å². The lowest BCUT2D eigenvalue weighted by atomic mass is 10.2. The van der Waals surface area contributed by atoms with E-state index in [1.807, 2.05) is 0 Å². The molecule has 0 unspecified atom stereocenters. The summed E-state index contributed by atoms with van der Waals surface area (Å²) in [6.07, 6.45) is -0.148. The van der Waals surface area contributed by atoms with Gasteiger partial charge in [0.05, 0.1) is 26.0 Å². The van der Waals surface area contributed by atoms with E-state index in [0.29, 0.717) is 17.6 Å². The molecule has 8 nitrogen and oxygen atoms in total. The zero-order chi connectivity index (χ0) is 14.3. The molecule has 1 saturated heterocycles. The maximum absolute atomic E-state index is 9.83. The molecule has 3 heterocycles. The zero-order valence-electron chi connectivity index (χ0n) is 10.6. The Balaban J connectivity index is 2.08. The summed E-state index contributed by atoms with van der Waals surface area (Å²) in [4.78, 5) is 12.2. The lowest BCUT2D eigenvalue weighted by Gasteiger charge is -2.15. The smallest absolute Gasteiger partial charge is 0.300 e. The molecule has 1 aliphatic heterocycles. The number of ether oxygens (including phenoxy) is 2. The van der Waals surface area contributed by atoms with Crippen LogP contribution in [0.3, 0.4) is 0 Å². The largest absolute Gasteiger partial charge is 0.468 e. The molecule has 0 aliphatic carbocycles. The molecule has 1 aliphatic rings. The summed E-state index contributed by atoms with van der Waals surface area (Å²) in [5, 5.41) is 19.1. The van der Waals surface area contributed by atoms with Crippen molar-refractivity contribution in [2.24, 2.45) is 0 Å². The van der Waals surface area contributed by atoms with Gasteiger partial charge in [0.2, 0.25) is 5.28 Å². The third-order valence-corrected chi connectivity index (χ3v) is 3.41. The van der Waals surface area contributed by atoms with E-state index in [9.17, 15) is 5.11 Å². The van der Waals surface area contributed by atoms with Crippen LogP contribution in [-0.2, 0) is 4.74 Å². The number of fused-ring (bicyclic) bond motifs is 1. The number of hydrogen-bond acceptors (Lipinski definition) is 7. The lowest BCUT2D eigenvalue weighted by molar-refractivity contribution is -0.0450. The number of imidazole rings is 1. The molecule has 9 heteroatoms. The summed E-state index contributed by atoms with van der Waals surface area (Å²) in [6, 6.07) is 0.285. The predicted octanol–water partition coefficient (Wildman–Crippen LogP) is 0.129. The predicted molar refractivity (Wildman–Crippen MR) is 68.5 cm³/mol. The van der Waals surface area contributed by atoms with Crippen LogP contribution in [0.4, 0.5) is 0 Å². The summed E-state index contributed by atoms with van der Waals surface area (Å²) in [6.45, 7) is -0.262. The molecular weight excluding hydrogens is 288 g/mol. The summed E-state index contributed by atoms with van der Waals surface area (Å²) in [7, 11) is 1.47. The lowest BCUT2D eigenvalue weighted by Crippen LogP contribution is -2.24. The van der Waals surface area contributed by atoms with Crippen molar-refractivity contribution in [1.29, 1.82) is 0 Å². The van der Waals surface area contributed by atoms with Crippen LogP contribution >= 0.6 is 11.6 Å². The third kappa shape index (κ3) is 2.10. The second kappa shape index (κ2) is 5.13. The topological polar surface area (TPSA) is 103 Å². The van der Waals surface area contributed by atoms with E-state index >= 15 is 0 Å². The highest BCUT2D eigenvalue weighted by molar-refractivity contribution is 6.28. The highest BCUT2D eigenvalue weighted by Gasteiger charge is 2.37. The molecule has 0 radical (unpaired) electrons. The first-order valence-electron chi connectivity index (χ1n) is 6.03. The van der Waals surface area contributed by atoms with E-state index in [0.717, 1.165) is 0 Å². The Morgan fingerprint density at radius 3 is 3.00 bits per heavy atom. The van der Waals surface area contributed by atoms with Gasteiger partial charge in [0.15, 0.2) is 5.65 Å². The van der Waals surface area contributed by atoms with Crippen molar-refractivity contribution in [2.45, 2.75) is 24.9 Å². The van der Waals surface area contributed by atoms with E-state index in [2.05, 4.69) is 15.0 Å². The summed E-state index contributed by atoms with van der Waals surface area (Å²) in [5.74, 6) is 0. The van der Waals surface area contributed by atoms with Crippen molar-refractivity contribution in [2.75, 3.05) is 13.7 Å². The Morgan fingerprint density at radius 2 is 2.35 bits per heavy atom. The fourth-order valence-corrected chi connectivity index (χ4v) is 2.42. The number of hydrogen-bond donors (Lipinski definition) is 2. The van der Waals surface area contributed by atoms with Crippen molar-refractivity contribution >= 4 is 22.8 Å². The van der Waals surface area contributed by atoms with Crippen molar-refractivity contribution < 1.29 is 19.7 Å². The van der Waals surface area contributed by atoms with Gasteiger partial charge in [-0.3, -0.25) is 4.57 Å². The molecule has 3 rings (SSSR count). The highest BCUT2D eigenvalue weighted by Crippen LogP contribution is 2.34. The van der Waals surface area contributed by atoms with E-state index < -0.39 is 18.4 Å². The van der Waals surface area contributed by atoms with E-state index in [1.165, 1.54) is 13.3 Å². The number of halogens is 1. The number of aromatic nitrogens is 4. The quantitative estimate of drug-likeness (QED) is 0.777. The van der Waals surface area contributed by atoms with Crippen LogP contribution in [0.25, 0.3) is 11.2 Å². The normalized spacial score (nSPS) is 26.3. The maximum atomic E-state index is 9.83. The van der Waals surface area contributed by atoms with E-state index in [-0.39, 0.29) is 17.9 Å². The van der Waals surface area contributed by atoms with Gasteiger partial charge < -0.3 is 19.7 Å². The number of rotatable bonds is 3. The SMILES string of the molecule is COc1nc2cnc(Cl)nc2n1[C@H]1C[C@@H](O)[C@H](CO)O1. The van der Waals surface area contributed by atoms with Gasteiger partial charge >= 0.3 is 6.01 Å². The average molecular weight is 301 g/mol. The standard InChI is InChI=1S/C11H13ClN4O4/c1-19-11-14-5-3-13-10(12)15-9(5)16(11)8-2-6(18)7(4-17)20-8/h3,6-8,17-18H,2,4H2,1H3/t6-,7+,8-/m1/s1. The van der Waals surface area contributed by atoms with Crippen molar-refractivity contribution in [3.63, 3.8) is 0 Å². The van der Waals surface area contributed by atoms with Crippen molar-refractivity contribution in [1.82, 2.24) is 19.5 Å². The molecule has 108 valence electrons. The summed E-state index contributed by atoms with van der Waals surface area (Å²) < 4.78 is 12.4. The fourth-order valence-electron chi connectivity index (χ4n) is 2.29. The highest BCUT2D eigenvalue weighted by atomic mass is 35.5. The molecule has 3 atom stereocenters. The molecule has 2 N–H and O–H groups in total. The minimum Gasteiger partial charge on any atom is -0.468 e. The Kier molecular flexibility index (Phi) is 3.47. The number of nitrogens with zero attached hydrogens (tertiary/aromatic N) is 4. The number of aliphatic hydroxyl groups excluding tert-OH is 2. The van der Waals surface area contributed by atoms with Crippen LogP contribution in [0.2, 0.25) is 5.28 Å². The van der Waals surface area contributed by atoms with Crippen LogP contribution in [0.1, 0.15) is 12.6 Å². The first kappa shape index (κ1) is 13.5. The molecule has 0 aromatic carbocycles. The Labute approximate surface area is 118 Å². The Hall–Kier alpha value is -1.48. The summed E-state index contributed by atoms with van der Waals surface area (Å²) in [5.41, 5.74) is 0.967. The molecule has 2 aromatic rings. The molecular formula is C11H13ClN4O4. The third-order valence-electron chi connectivity index (χ3n) is 3.23. The van der Waals surface area contributed by atoms with Crippen LogP contribution < -0.4 is 4.74 Å². The number of aliphatic hydroxyl groups is 2. The first-order chi connectivity index (χ1) is 9.63.